The lowest BCUT2D eigenvalue weighted by Gasteiger charge is -2.40. The predicted octanol–water partition coefficient (Wildman–Crippen LogP) is 5.19. The summed E-state index contributed by atoms with van der Waals surface area (Å²) >= 11 is 0. The maximum Gasteiger partial charge on any atom is 0.0377 e. The fraction of sp³-hybridized carbons (Fsp3) is 0.684. The van der Waals surface area contributed by atoms with Crippen molar-refractivity contribution in [2.45, 2.75) is 70.3 Å². The van der Waals surface area contributed by atoms with Crippen molar-refractivity contribution >= 4 is 0 Å². The number of rotatable bonds is 5. The molecule has 2 fully saturated rings. The Morgan fingerprint density at radius 1 is 1.15 bits per heavy atom. The fourth-order valence-electron chi connectivity index (χ4n) is 4.58. The van der Waals surface area contributed by atoms with Crippen molar-refractivity contribution in [1.82, 2.24) is 5.32 Å². The van der Waals surface area contributed by atoms with Gasteiger partial charge in [-0.25, -0.2) is 0 Å². The molecule has 0 heterocycles. The molecule has 1 aromatic rings. The van der Waals surface area contributed by atoms with Crippen molar-refractivity contribution in [3.63, 3.8) is 0 Å². The first-order valence-electron chi connectivity index (χ1n) is 8.57. The van der Waals surface area contributed by atoms with Crippen molar-refractivity contribution in [3.05, 3.63) is 35.4 Å². The average molecular weight is 271 g/mol. The van der Waals surface area contributed by atoms with Gasteiger partial charge in [0.25, 0.3) is 0 Å². The van der Waals surface area contributed by atoms with Crippen molar-refractivity contribution in [2.75, 3.05) is 7.05 Å². The van der Waals surface area contributed by atoms with Crippen molar-refractivity contribution in [1.29, 1.82) is 0 Å². The molecule has 1 atom stereocenters. The smallest absolute Gasteiger partial charge is 0.0377 e. The first kappa shape index (κ1) is 14.1. The van der Waals surface area contributed by atoms with Crippen LogP contribution in [-0.2, 0) is 0 Å². The summed E-state index contributed by atoms with van der Waals surface area (Å²) in [6.07, 6.45) is 11.1. The van der Waals surface area contributed by atoms with Gasteiger partial charge in [-0.05, 0) is 61.6 Å². The summed E-state index contributed by atoms with van der Waals surface area (Å²) in [7, 11) is 2.16. The number of hydrogen-bond donors (Lipinski definition) is 1. The molecule has 0 saturated heterocycles. The van der Waals surface area contributed by atoms with Gasteiger partial charge >= 0.3 is 0 Å². The third-order valence-corrected chi connectivity index (χ3v) is 6.06. The van der Waals surface area contributed by atoms with Crippen molar-refractivity contribution in [2.24, 2.45) is 5.41 Å². The summed E-state index contributed by atoms with van der Waals surface area (Å²) in [5.74, 6) is 0.831. The van der Waals surface area contributed by atoms with Crippen LogP contribution in [0.15, 0.2) is 24.3 Å². The molecule has 0 radical (unpaired) electrons. The minimum absolute atomic E-state index is 0.495. The molecule has 3 rings (SSSR count). The highest BCUT2D eigenvalue weighted by molar-refractivity contribution is 5.35. The number of nitrogens with one attached hydrogen (secondary N) is 1. The quantitative estimate of drug-likeness (QED) is 0.777. The van der Waals surface area contributed by atoms with Gasteiger partial charge in [-0.15, -0.1) is 0 Å². The second kappa shape index (κ2) is 5.89. The summed E-state index contributed by atoms with van der Waals surface area (Å²) in [4.78, 5) is 0. The molecule has 20 heavy (non-hydrogen) atoms. The molecular weight excluding hydrogens is 242 g/mol. The van der Waals surface area contributed by atoms with E-state index < -0.39 is 0 Å². The van der Waals surface area contributed by atoms with E-state index in [1.807, 2.05) is 0 Å². The van der Waals surface area contributed by atoms with Gasteiger partial charge in [-0.3, -0.25) is 0 Å². The lowest BCUT2D eigenvalue weighted by molar-refractivity contribution is 0.193. The number of benzene rings is 1. The lowest BCUT2D eigenvalue weighted by Crippen LogP contribution is -2.35. The van der Waals surface area contributed by atoms with Gasteiger partial charge < -0.3 is 5.32 Å². The Bertz CT molecular complexity index is 441. The van der Waals surface area contributed by atoms with E-state index in [2.05, 4.69) is 43.6 Å². The van der Waals surface area contributed by atoms with Gasteiger partial charge in [-0.2, -0.15) is 0 Å². The Morgan fingerprint density at radius 2 is 1.85 bits per heavy atom. The van der Waals surface area contributed by atoms with Gasteiger partial charge in [0.05, 0.1) is 0 Å². The molecule has 110 valence electrons. The van der Waals surface area contributed by atoms with Gasteiger partial charge in [0, 0.05) is 6.04 Å². The molecule has 1 N–H and O–H groups in total. The fourth-order valence-corrected chi connectivity index (χ4v) is 4.58. The summed E-state index contributed by atoms with van der Waals surface area (Å²) in [6.45, 7) is 2.39. The van der Waals surface area contributed by atoms with E-state index in [4.69, 9.17) is 0 Å². The minimum atomic E-state index is 0.495. The summed E-state index contributed by atoms with van der Waals surface area (Å²) in [5, 5.41) is 3.70. The van der Waals surface area contributed by atoms with E-state index in [9.17, 15) is 0 Å². The molecule has 2 aliphatic rings. The van der Waals surface area contributed by atoms with Crippen LogP contribution >= 0.6 is 0 Å². The van der Waals surface area contributed by atoms with Crippen LogP contribution in [0.1, 0.15) is 81.4 Å². The molecule has 1 aromatic carbocycles. The Morgan fingerprint density at radius 3 is 2.40 bits per heavy atom. The molecule has 0 amide bonds. The van der Waals surface area contributed by atoms with Gasteiger partial charge in [0.1, 0.15) is 0 Å². The summed E-state index contributed by atoms with van der Waals surface area (Å²) < 4.78 is 0. The van der Waals surface area contributed by atoms with Crippen LogP contribution in [0.2, 0.25) is 0 Å². The second-order valence-corrected chi connectivity index (χ2v) is 6.90. The molecule has 2 saturated carbocycles. The first-order chi connectivity index (χ1) is 9.80. The van der Waals surface area contributed by atoms with Crippen LogP contribution in [0.5, 0.6) is 0 Å². The van der Waals surface area contributed by atoms with Crippen LogP contribution < -0.4 is 5.32 Å². The molecule has 0 bridgehead atoms. The minimum Gasteiger partial charge on any atom is -0.313 e. The van der Waals surface area contributed by atoms with Crippen LogP contribution in [0.4, 0.5) is 0 Å². The number of hydrogen-bond acceptors (Lipinski definition) is 1. The molecule has 0 aliphatic heterocycles. The molecule has 0 spiro atoms. The molecular formula is C19H29N. The Balaban J connectivity index is 1.96. The lowest BCUT2D eigenvalue weighted by atomic mass is 9.69. The normalized spacial score (nSPS) is 23.5. The highest BCUT2D eigenvalue weighted by Gasteiger charge is 2.41. The largest absolute Gasteiger partial charge is 0.313 e. The molecule has 1 nitrogen and oxygen atoms in total. The summed E-state index contributed by atoms with van der Waals surface area (Å²) in [6, 6.07) is 9.80. The van der Waals surface area contributed by atoms with Crippen LogP contribution in [0.25, 0.3) is 0 Å². The SMILES string of the molecule is CCC1(C(NC)c2ccccc2C2CCC2)CCCC1. The molecule has 1 heteroatoms. The third kappa shape index (κ3) is 2.30. The zero-order valence-corrected chi connectivity index (χ0v) is 13.1. The predicted molar refractivity (Wildman–Crippen MR) is 86.0 cm³/mol. The van der Waals surface area contributed by atoms with Gasteiger partial charge in [0.15, 0.2) is 0 Å². The van der Waals surface area contributed by atoms with Gasteiger partial charge in [0.2, 0.25) is 0 Å². The first-order valence-corrected chi connectivity index (χ1v) is 8.57. The standard InChI is InChI=1S/C19H29N/c1-3-19(13-6-7-14-19)18(20-2)17-12-5-4-11-16(17)15-9-8-10-15/h4-5,11-12,15,18,20H,3,6-10,13-14H2,1-2H3. The van der Waals surface area contributed by atoms with E-state index >= 15 is 0 Å². The topological polar surface area (TPSA) is 12.0 Å². The maximum atomic E-state index is 3.70. The molecule has 0 aromatic heterocycles. The van der Waals surface area contributed by atoms with E-state index in [1.165, 1.54) is 51.4 Å². The van der Waals surface area contributed by atoms with Crippen molar-refractivity contribution < 1.29 is 0 Å². The van der Waals surface area contributed by atoms with Crippen LogP contribution in [0, 0.1) is 5.41 Å². The summed E-state index contributed by atoms with van der Waals surface area (Å²) in [5.41, 5.74) is 3.73. The molecule has 2 aliphatic carbocycles. The van der Waals surface area contributed by atoms with E-state index in [0.717, 1.165) is 5.92 Å². The monoisotopic (exact) mass is 271 g/mol. The third-order valence-electron chi connectivity index (χ3n) is 6.06. The highest BCUT2D eigenvalue weighted by atomic mass is 14.9. The van der Waals surface area contributed by atoms with Gasteiger partial charge in [-0.1, -0.05) is 50.5 Å². The van der Waals surface area contributed by atoms with E-state index in [-0.39, 0.29) is 0 Å². The van der Waals surface area contributed by atoms with Crippen LogP contribution in [-0.4, -0.2) is 7.05 Å². The van der Waals surface area contributed by atoms with Crippen LogP contribution in [0.3, 0.4) is 0 Å². The van der Waals surface area contributed by atoms with E-state index in [1.54, 1.807) is 11.1 Å². The Hall–Kier alpha value is -0.820. The maximum absolute atomic E-state index is 3.70. The second-order valence-electron chi connectivity index (χ2n) is 6.90. The zero-order chi connectivity index (χ0) is 14.0. The Kier molecular flexibility index (Phi) is 4.16. The van der Waals surface area contributed by atoms with E-state index in [0.29, 0.717) is 11.5 Å². The average Bonchev–Trinajstić information content (AvgIpc) is 2.89. The highest BCUT2D eigenvalue weighted by Crippen LogP contribution is 2.52. The Labute approximate surface area is 124 Å². The molecule has 1 unspecified atom stereocenters. The van der Waals surface area contributed by atoms with Crippen molar-refractivity contribution in [3.8, 4) is 0 Å². The zero-order valence-electron chi connectivity index (χ0n) is 13.1.